The van der Waals surface area contributed by atoms with Gasteiger partial charge in [-0.1, -0.05) is 13.0 Å². The molecule has 3 aromatic rings. The van der Waals surface area contributed by atoms with Crippen LogP contribution < -0.4 is 19.9 Å². The Bertz CT molecular complexity index is 1300. The van der Waals surface area contributed by atoms with Crippen molar-refractivity contribution in [1.82, 2.24) is 14.3 Å². The molecule has 0 aliphatic heterocycles. The van der Waals surface area contributed by atoms with Crippen LogP contribution in [0.25, 0.3) is 5.69 Å². The lowest BCUT2D eigenvalue weighted by molar-refractivity contribution is -0.276. The zero-order valence-corrected chi connectivity index (χ0v) is 19.9. The summed E-state index contributed by atoms with van der Waals surface area (Å²) >= 11 is 0. The van der Waals surface area contributed by atoms with Crippen LogP contribution in [0.3, 0.4) is 0 Å². The Morgan fingerprint density at radius 2 is 1.63 bits per heavy atom. The van der Waals surface area contributed by atoms with Crippen LogP contribution in [0, 0.1) is 0 Å². The van der Waals surface area contributed by atoms with Gasteiger partial charge in [-0.25, -0.2) is 14.0 Å². The maximum absolute atomic E-state index is 13.0. The fraction of sp³-hybridized carbons (Fsp3) is 0.348. The van der Waals surface area contributed by atoms with Crippen LogP contribution in [0.15, 0.2) is 53.6 Å². The Kier molecular flexibility index (Phi) is 8.58. The molecule has 0 fully saturated rings. The summed E-state index contributed by atoms with van der Waals surface area (Å²) in [5.41, 5.74) is -0.333. The summed E-state index contributed by atoms with van der Waals surface area (Å²) in [5, 5.41) is 3.91. The van der Waals surface area contributed by atoms with E-state index in [0.717, 1.165) is 33.8 Å². The van der Waals surface area contributed by atoms with E-state index >= 15 is 0 Å². The highest BCUT2D eigenvalue weighted by molar-refractivity contribution is 5.68. The minimum atomic E-state index is -5.05. The van der Waals surface area contributed by atoms with Crippen LogP contribution in [-0.2, 0) is 16.1 Å². The Labute approximate surface area is 211 Å². The van der Waals surface area contributed by atoms with Gasteiger partial charge in [-0.05, 0) is 48.9 Å². The fourth-order valence-electron chi connectivity index (χ4n) is 3.12. The number of nitrogens with zero attached hydrogens (tertiary/aromatic N) is 3. The van der Waals surface area contributed by atoms with E-state index in [1.165, 1.54) is 31.2 Å². The van der Waals surface area contributed by atoms with E-state index in [0.29, 0.717) is 0 Å². The van der Waals surface area contributed by atoms with Crippen molar-refractivity contribution in [3.63, 3.8) is 0 Å². The molecular formula is C23H21F6N3O6. The van der Waals surface area contributed by atoms with E-state index in [-0.39, 0.29) is 36.6 Å². The minimum Gasteiger partial charge on any atom is -0.483 e. The van der Waals surface area contributed by atoms with Gasteiger partial charge in [0, 0.05) is 6.42 Å². The van der Waals surface area contributed by atoms with Crippen molar-refractivity contribution in [3.05, 3.63) is 64.8 Å². The number of hydrogen-bond donors (Lipinski definition) is 0. The Morgan fingerprint density at radius 3 is 2.24 bits per heavy atom. The molecule has 1 atom stereocenters. The largest absolute Gasteiger partial charge is 0.573 e. The first-order valence-electron chi connectivity index (χ1n) is 11.0. The summed E-state index contributed by atoms with van der Waals surface area (Å²) in [7, 11) is 0. The van der Waals surface area contributed by atoms with Gasteiger partial charge in [-0.3, -0.25) is 4.79 Å². The van der Waals surface area contributed by atoms with Gasteiger partial charge in [-0.15, -0.1) is 26.3 Å². The molecule has 0 N–H and O–H groups in total. The summed E-state index contributed by atoms with van der Waals surface area (Å²) < 4.78 is 96.2. The third-order valence-corrected chi connectivity index (χ3v) is 4.74. The quantitative estimate of drug-likeness (QED) is 0.270. The summed E-state index contributed by atoms with van der Waals surface area (Å²) in [5.74, 6) is -1.95. The van der Waals surface area contributed by atoms with Gasteiger partial charge in [0.15, 0.2) is 11.5 Å². The number of ether oxygens (including phenoxy) is 4. The monoisotopic (exact) mass is 549 g/mol. The lowest BCUT2D eigenvalue weighted by atomic mass is 10.2. The highest BCUT2D eigenvalue weighted by Gasteiger charge is 2.33. The molecular weight excluding hydrogens is 528 g/mol. The minimum absolute atomic E-state index is 0.122. The Hall–Kier alpha value is -4.17. The first kappa shape index (κ1) is 28.4. The molecule has 0 saturated carbocycles. The zero-order chi connectivity index (χ0) is 28.1. The second kappa shape index (κ2) is 11.5. The molecule has 2 aromatic carbocycles. The first-order chi connectivity index (χ1) is 17.7. The molecule has 9 nitrogen and oxygen atoms in total. The van der Waals surface area contributed by atoms with E-state index < -0.39 is 42.0 Å². The lowest BCUT2D eigenvalue weighted by Gasteiger charge is -2.19. The molecule has 0 aliphatic carbocycles. The highest BCUT2D eigenvalue weighted by Crippen LogP contribution is 2.34. The zero-order valence-electron chi connectivity index (χ0n) is 19.9. The molecule has 1 aromatic heterocycles. The van der Waals surface area contributed by atoms with Crippen molar-refractivity contribution >= 4 is 5.97 Å². The van der Waals surface area contributed by atoms with Crippen molar-refractivity contribution in [2.75, 3.05) is 6.61 Å². The number of carbonyl (C=O) groups excluding carboxylic acids is 1. The number of aromatic nitrogens is 3. The Balaban J connectivity index is 1.79. The van der Waals surface area contributed by atoms with E-state index in [4.69, 9.17) is 9.47 Å². The van der Waals surface area contributed by atoms with Crippen molar-refractivity contribution in [1.29, 1.82) is 0 Å². The SMILES string of the molecule is CCC(=O)OCC(C)Oc1ccc(Cn2ncn(-c3ccc(OC(F)(F)F)cc3)c2=O)cc1OC(F)(F)F. The third kappa shape index (κ3) is 8.18. The van der Waals surface area contributed by atoms with Crippen LogP contribution in [0.2, 0.25) is 0 Å². The van der Waals surface area contributed by atoms with Gasteiger partial charge in [0.05, 0.1) is 12.2 Å². The van der Waals surface area contributed by atoms with E-state index in [1.54, 1.807) is 6.92 Å². The molecule has 0 amide bonds. The number of hydrogen-bond acceptors (Lipinski definition) is 7. The van der Waals surface area contributed by atoms with E-state index in [2.05, 4.69) is 14.6 Å². The normalized spacial score (nSPS) is 12.6. The summed E-state index contributed by atoms with van der Waals surface area (Å²) in [6, 6.07) is 8.03. The number of halogens is 6. The number of benzene rings is 2. The fourth-order valence-corrected chi connectivity index (χ4v) is 3.12. The maximum Gasteiger partial charge on any atom is 0.573 e. The average Bonchev–Trinajstić information content (AvgIpc) is 3.17. The molecule has 0 radical (unpaired) electrons. The van der Waals surface area contributed by atoms with Crippen molar-refractivity contribution in [3.8, 4) is 22.9 Å². The first-order valence-corrected chi connectivity index (χ1v) is 11.0. The lowest BCUT2D eigenvalue weighted by Crippen LogP contribution is -2.25. The second-order valence-corrected chi connectivity index (χ2v) is 7.78. The van der Waals surface area contributed by atoms with E-state index in [9.17, 15) is 35.9 Å². The highest BCUT2D eigenvalue weighted by atomic mass is 19.4. The standard InChI is InChI=1S/C23H21F6N3O6/c1-3-20(33)35-12-14(2)36-18-9-4-15(10-19(18)38-23(27,28)29)11-32-21(34)31(13-30-32)16-5-7-17(8-6-16)37-22(24,25)26/h4-10,13-14H,3,11-12H2,1-2H3. The van der Waals surface area contributed by atoms with Crippen LogP contribution >= 0.6 is 0 Å². The summed E-state index contributed by atoms with van der Waals surface area (Å²) in [4.78, 5) is 24.0. The van der Waals surface area contributed by atoms with Crippen LogP contribution in [-0.4, -0.2) is 45.8 Å². The van der Waals surface area contributed by atoms with Gasteiger partial charge in [0.1, 0.15) is 24.8 Å². The molecule has 1 unspecified atom stereocenters. The van der Waals surface area contributed by atoms with Gasteiger partial charge >= 0.3 is 24.4 Å². The van der Waals surface area contributed by atoms with Crippen LogP contribution in [0.5, 0.6) is 17.2 Å². The van der Waals surface area contributed by atoms with Crippen molar-refractivity contribution in [2.24, 2.45) is 0 Å². The second-order valence-electron chi connectivity index (χ2n) is 7.78. The molecule has 206 valence electrons. The predicted octanol–water partition coefficient (Wildman–Crippen LogP) is 4.60. The van der Waals surface area contributed by atoms with Gasteiger partial charge < -0.3 is 18.9 Å². The molecule has 3 rings (SSSR count). The predicted molar refractivity (Wildman–Crippen MR) is 118 cm³/mol. The average molecular weight is 549 g/mol. The smallest absolute Gasteiger partial charge is 0.483 e. The molecule has 0 spiro atoms. The molecule has 1 heterocycles. The third-order valence-electron chi connectivity index (χ3n) is 4.74. The van der Waals surface area contributed by atoms with Crippen molar-refractivity contribution < 1.29 is 50.1 Å². The van der Waals surface area contributed by atoms with Crippen molar-refractivity contribution in [2.45, 2.75) is 45.6 Å². The number of alkyl halides is 6. The molecule has 0 saturated heterocycles. The number of rotatable bonds is 10. The number of carbonyl (C=O) groups is 1. The maximum atomic E-state index is 13.0. The summed E-state index contributed by atoms with van der Waals surface area (Å²) in [6.07, 6.45) is -9.49. The Morgan fingerprint density at radius 1 is 0.974 bits per heavy atom. The van der Waals surface area contributed by atoms with Gasteiger partial charge in [0.2, 0.25) is 0 Å². The molecule has 15 heteroatoms. The molecule has 0 aliphatic rings. The van der Waals surface area contributed by atoms with Gasteiger partial charge in [0.25, 0.3) is 0 Å². The van der Waals surface area contributed by atoms with E-state index in [1.807, 2.05) is 0 Å². The molecule has 0 bridgehead atoms. The topological polar surface area (TPSA) is 93.8 Å². The molecule has 38 heavy (non-hydrogen) atoms. The number of esters is 1. The van der Waals surface area contributed by atoms with Crippen LogP contribution in [0.4, 0.5) is 26.3 Å². The summed E-state index contributed by atoms with van der Waals surface area (Å²) in [6.45, 7) is 2.61. The van der Waals surface area contributed by atoms with Crippen LogP contribution in [0.1, 0.15) is 25.8 Å². The van der Waals surface area contributed by atoms with Gasteiger partial charge in [-0.2, -0.15) is 5.10 Å².